The molecule has 10 heteroatoms. The fourth-order valence-electron chi connectivity index (χ4n) is 9.62. The Morgan fingerprint density at radius 1 is 0.594 bits per heavy atom. The number of carbonyl (C=O) groups is 1. The Morgan fingerprint density at radius 2 is 1.00 bits per heavy atom. The summed E-state index contributed by atoms with van der Waals surface area (Å²) in [5.74, 6) is 1.65. The number of piperidine rings is 2. The van der Waals surface area contributed by atoms with Crippen LogP contribution in [0.2, 0.25) is 0 Å². The van der Waals surface area contributed by atoms with E-state index in [1.54, 1.807) is 38.1 Å². The molecular weight excluding hydrogens is 803 g/mol. The monoisotopic (exact) mass is 858 g/mol. The van der Waals surface area contributed by atoms with Crippen LogP contribution in [0.3, 0.4) is 0 Å². The van der Waals surface area contributed by atoms with Crippen LogP contribution in [0.4, 0.5) is 42.0 Å². The highest BCUT2D eigenvalue weighted by molar-refractivity contribution is 6.00. The maximum absolute atomic E-state index is 15.1. The minimum atomic E-state index is -0.477. The molecule has 328 valence electrons. The van der Waals surface area contributed by atoms with Gasteiger partial charge < -0.3 is 30.7 Å². The van der Waals surface area contributed by atoms with E-state index in [-0.39, 0.29) is 11.6 Å². The number of aryl methyl sites for hydroxylation is 2. The summed E-state index contributed by atoms with van der Waals surface area (Å²) in [6, 6.07) is 52.2. The van der Waals surface area contributed by atoms with Crippen molar-refractivity contribution < 1.29 is 18.1 Å². The van der Waals surface area contributed by atoms with Gasteiger partial charge in [0.1, 0.15) is 23.0 Å². The van der Waals surface area contributed by atoms with E-state index >= 15 is 4.39 Å². The molecule has 2 aliphatic rings. The Bertz CT molecular complexity index is 2480. The van der Waals surface area contributed by atoms with Crippen molar-refractivity contribution in [3.05, 3.63) is 203 Å². The number of nitrogens with two attached hydrogens (primary N) is 1. The Labute approximate surface area is 375 Å². The maximum atomic E-state index is 15.1. The van der Waals surface area contributed by atoms with E-state index in [0.29, 0.717) is 63.6 Å². The number of rotatable bonds is 10. The molecule has 6 aromatic carbocycles. The molecule has 9 rings (SSSR count). The first-order valence-electron chi connectivity index (χ1n) is 22.3. The van der Waals surface area contributed by atoms with Crippen LogP contribution >= 0.6 is 0 Å². The van der Waals surface area contributed by atoms with Gasteiger partial charge in [0.2, 0.25) is 0 Å². The predicted octanol–water partition coefficient (Wildman–Crippen LogP) is 12.6. The van der Waals surface area contributed by atoms with Gasteiger partial charge >= 0.3 is 6.03 Å². The molecule has 1 aromatic heterocycles. The van der Waals surface area contributed by atoms with E-state index in [2.05, 4.69) is 147 Å². The minimum absolute atomic E-state index is 0.226. The average molecular weight is 859 g/mol. The standard InChI is InChI=1S/C30H31FN4O2.C24H25FN2/c1-20-29(21(2)37-34-20)33-30(36)32-25-13-14-27(26(31)19-25)35-17-15-24(16-18-35)28(22-9-5-3-6-10-22)23-11-7-4-8-12-23;25-22-17-21(26)11-12-23(22)27-15-13-20(14-16-27)24(18-7-3-1-4-8-18)19-9-5-2-6-10-19/h3-14,19,24,28H,15-18H2,1-2H3,(H2,32,33,36);1-12,17,20,24H,13-16,26H2. The van der Waals surface area contributed by atoms with Crippen molar-refractivity contribution in [2.75, 3.05) is 52.3 Å². The summed E-state index contributed by atoms with van der Waals surface area (Å²) >= 11 is 0. The Morgan fingerprint density at radius 3 is 1.38 bits per heavy atom. The van der Waals surface area contributed by atoms with Crippen molar-refractivity contribution in [3.8, 4) is 0 Å². The summed E-state index contributed by atoms with van der Waals surface area (Å²) in [5, 5.41) is 9.21. The fraction of sp³-hybridized carbons (Fsp3) is 0.259. The number of hydrogen-bond acceptors (Lipinski definition) is 6. The maximum Gasteiger partial charge on any atom is 0.323 e. The lowest BCUT2D eigenvalue weighted by molar-refractivity contribution is 0.262. The summed E-state index contributed by atoms with van der Waals surface area (Å²) in [6.45, 7) is 6.73. The fourth-order valence-corrected chi connectivity index (χ4v) is 9.62. The SMILES string of the molecule is Cc1noc(C)c1NC(=O)Nc1ccc(N2CCC(C(c3ccccc3)c3ccccc3)CC2)c(F)c1.Nc1ccc(N2CCC(C(c3ccccc3)c3ccccc3)CC2)c(F)c1. The third-order valence-electron chi connectivity index (χ3n) is 12.8. The van der Waals surface area contributed by atoms with Crippen LogP contribution < -0.4 is 26.2 Å². The number of benzene rings is 6. The molecule has 2 fully saturated rings. The number of urea groups is 1. The molecule has 0 unspecified atom stereocenters. The van der Waals surface area contributed by atoms with Crippen molar-refractivity contribution in [1.82, 2.24) is 5.16 Å². The summed E-state index contributed by atoms with van der Waals surface area (Å²) in [4.78, 5) is 16.6. The van der Waals surface area contributed by atoms with Crippen LogP contribution in [0.25, 0.3) is 0 Å². The number of halogens is 2. The second-order valence-corrected chi connectivity index (χ2v) is 16.9. The topological polar surface area (TPSA) is 99.7 Å². The summed E-state index contributed by atoms with van der Waals surface area (Å²) < 4.78 is 34.5. The van der Waals surface area contributed by atoms with Crippen LogP contribution in [-0.4, -0.2) is 37.4 Å². The number of amides is 2. The van der Waals surface area contributed by atoms with E-state index in [4.69, 9.17) is 10.3 Å². The van der Waals surface area contributed by atoms with Crippen molar-refractivity contribution in [3.63, 3.8) is 0 Å². The summed E-state index contributed by atoms with van der Waals surface area (Å²) in [6.07, 6.45) is 4.01. The lowest BCUT2D eigenvalue weighted by Crippen LogP contribution is -2.36. The van der Waals surface area contributed by atoms with E-state index in [9.17, 15) is 9.18 Å². The van der Waals surface area contributed by atoms with E-state index in [1.165, 1.54) is 34.4 Å². The summed E-state index contributed by atoms with van der Waals surface area (Å²) in [5.41, 5.74) is 14.2. The predicted molar refractivity (Wildman–Crippen MR) is 255 cm³/mol. The molecule has 64 heavy (non-hydrogen) atoms. The molecule has 2 amide bonds. The van der Waals surface area contributed by atoms with Gasteiger partial charge in [0.05, 0.1) is 11.4 Å². The normalized spacial score (nSPS) is 14.6. The van der Waals surface area contributed by atoms with Crippen LogP contribution in [0, 0.1) is 37.3 Å². The lowest BCUT2D eigenvalue weighted by Gasteiger charge is -2.38. The molecule has 0 saturated carbocycles. The van der Waals surface area contributed by atoms with Crippen molar-refractivity contribution in [2.45, 2.75) is 51.4 Å². The molecule has 0 spiro atoms. The van der Waals surface area contributed by atoms with Gasteiger partial charge in [0, 0.05) is 49.4 Å². The molecule has 3 heterocycles. The van der Waals surface area contributed by atoms with Gasteiger partial charge in [-0.15, -0.1) is 0 Å². The van der Waals surface area contributed by atoms with E-state index < -0.39 is 6.03 Å². The molecule has 7 aromatic rings. The number of anilines is 5. The number of nitrogen functional groups attached to an aromatic ring is 1. The van der Waals surface area contributed by atoms with Crippen LogP contribution in [-0.2, 0) is 0 Å². The number of nitrogens with one attached hydrogen (secondary N) is 2. The van der Waals surface area contributed by atoms with Gasteiger partial charge in [0.15, 0.2) is 5.76 Å². The first-order valence-corrected chi connectivity index (χ1v) is 22.3. The number of hydrogen-bond donors (Lipinski definition) is 3. The van der Waals surface area contributed by atoms with E-state index in [0.717, 1.165) is 51.9 Å². The van der Waals surface area contributed by atoms with Gasteiger partial charge in [-0.1, -0.05) is 126 Å². The molecule has 2 aliphatic heterocycles. The highest BCUT2D eigenvalue weighted by Gasteiger charge is 2.31. The van der Waals surface area contributed by atoms with Gasteiger partial charge in [-0.3, -0.25) is 0 Å². The second kappa shape index (κ2) is 20.5. The molecule has 4 N–H and O–H groups in total. The molecule has 0 aliphatic carbocycles. The van der Waals surface area contributed by atoms with Crippen LogP contribution in [0.1, 0.15) is 71.2 Å². The first-order chi connectivity index (χ1) is 31.2. The molecule has 0 bridgehead atoms. The third kappa shape index (κ3) is 10.5. The van der Waals surface area contributed by atoms with Gasteiger partial charge in [-0.05, 0) is 110 Å². The number of aromatic nitrogens is 1. The van der Waals surface area contributed by atoms with Crippen molar-refractivity contribution >= 4 is 34.5 Å². The molecule has 0 atom stereocenters. The third-order valence-corrected chi connectivity index (χ3v) is 12.8. The quantitative estimate of drug-likeness (QED) is 0.119. The second-order valence-electron chi connectivity index (χ2n) is 16.9. The Hall–Kier alpha value is -6.94. The smallest absolute Gasteiger partial charge is 0.323 e. The Balaban J connectivity index is 0.000000184. The first kappa shape index (κ1) is 43.7. The molecule has 8 nitrogen and oxygen atoms in total. The lowest BCUT2D eigenvalue weighted by atomic mass is 9.76. The molecule has 2 saturated heterocycles. The van der Waals surface area contributed by atoms with E-state index in [1.807, 2.05) is 0 Å². The molecular formula is C54H56F2N6O2. The van der Waals surface area contributed by atoms with Gasteiger partial charge in [0.25, 0.3) is 0 Å². The van der Waals surface area contributed by atoms with Crippen molar-refractivity contribution in [1.29, 1.82) is 0 Å². The highest BCUT2D eigenvalue weighted by atomic mass is 19.1. The summed E-state index contributed by atoms with van der Waals surface area (Å²) in [7, 11) is 0. The molecule has 0 radical (unpaired) electrons. The van der Waals surface area contributed by atoms with Crippen LogP contribution in [0.5, 0.6) is 0 Å². The number of nitrogens with zero attached hydrogens (tertiary/aromatic N) is 3. The zero-order valence-corrected chi connectivity index (χ0v) is 36.5. The van der Waals surface area contributed by atoms with Gasteiger partial charge in [-0.25, -0.2) is 13.6 Å². The number of carbonyl (C=O) groups excluding carboxylic acids is 1. The van der Waals surface area contributed by atoms with Gasteiger partial charge in [-0.2, -0.15) is 0 Å². The Kier molecular flexibility index (Phi) is 14.0. The zero-order chi connectivity index (χ0) is 44.4. The zero-order valence-electron chi connectivity index (χ0n) is 36.5. The minimum Gasteiger partial charge on any atom is -0.399 e. The largest absolute Gasteiger partial charge is 0.399 e. The average Bonchev–Trinajstić information content (AvgIpc) is 3.64. The van der Waals surface area contributed by atoms with Crippen LogP contribution in [0.15, 0.2) is 162 Å². The highest BCUT2D eigenvalue weighted by Crippen LogP contribution is 2.41. The van der Waals surface area contributed by atoms with Crippen molar-refractivity contribution in [2.24, 2.45) is 11.8 Å².